The third kappa shape index (κ3) is 3.65. The molecule has 1 aromatic carbocycles. The zero-order valence-corrected chi connectivity index (χ0v) is 15.3. The predicted octanol–water partition coefficient (Wildman–Crippen LogP) is 4.98. The maximum absolute atomic E-state index is 13.9. The molecule has 3 aliphatic rings. The Morgan fingerprint density at radius 2 is 2.19 bits per heavy atom. The summed E-state index contributed by atoms with van der Waals surface area (Å²) in [4.78, 5) is 17.6. The average molecular weight is 365 g/mol. The lowest BCUT2D eigenvalue weighted by atomic mass is 9.98. The molecule has 0 aromatic heterocycles. The Morgan fingerprint density at radius 1 is 1.31 bits per heavy atom. The van der Waals surface area contributed by atoms with Gasteiger partial charge in [0.15, 0.2) is 5.78 Å². The van der Waals surface area contributed by atoms with Crippen LogP contribution < -0.4 is 0 Å². The number of Topliss-reactive ketones (excluding diaryl/α,β-unsaturated/α-hetero) is 1. The summed E-state index contributed by atoms with van der Waals surface area (Å²) in [6, 6.07) is 6.44. The molecule has 4 rings (SSSR count). The molecule has 0 spiro atoms. The Kier molecular flexibility index (Phi) is 5.02. The van der Waals surface area contributed by atoms with Gasteiger partial charge in [0.05, 0.1) is 11.1 Å². The van der Waals surface area contributed by atoms with E-state index in [1.807, 2.05) is 36.1 Å². The minimum Gasteiger partial charge on any atom is -0.294 e. The number of rotatable bonds is 3. The Bertz CT molecular complexity index is 891. The maximum atomic E-state index is 13.9. The van der Waals surface area contributed by atoms with E-state index in [2.05, 4.69) is 6.08 Å². The van der Waals surface area contributed by atoms with E-state index < -0.39 is 0 Å². The van der Waals surface area contributed by atoms with Crippen LogP contribution in [-0.4, -0.2) is 22.6 Å². The number of benzene rings is 1. The van der Waals surface area contributed by atoms with Crippen LogP contribution in [0.2, 0.25) is 0 Å². The van der Waals surface area contributed by atoms with Crippen molar-refractivity contribution >= 4 is 22.6 Å². The van der Waals surface area contributed by atoms with E-state index in [-0.39, 0.29) is 24.1 Å². The van der Waals surface area contributed by atoms with Crippen LogP contribution in [0, 0.1) is 5.82 Å². The zero-order valence-electron chi connectivity index (χ0n) is 14.5. The first-order chi connectivity index (χ1) is 12.7. The van der Waals surface area contributed by atoms with Gasteiger partial charge >= 0.3 is 0 Å². The summed E-state index contributed by atoms with van der Waals surface area (Å²) < 4.78 is 13.9. The van der Waals surface area contributed by atoms with Crippen molar-refractivity contribution in [1.29, 1.82) is 0 Å². The van der Waals surface area contributed by atoms with Crippen LogP contribution in [0.15, 0.2) is 76.4 Å². The second-order valence-electron chi connectivity index (χ2n) is 6.68. The molecule has 2 heterocycles. The molecule has 4 heteroatoms. The molecule has 1 unspecified atom stereocenters. The van der Waals surface area contributed by atoms with Crippen LogP contribution in [0.4, 0.5) is 4.39 Å². The molecule has 1 atom stereocenters. The second-order valence-corrected chi connectivity index (χ2v) is 7.77. The van der Waals surface area contributed by atoms with Gasteiger partial charge in [-0.1, -0.05) is 42.5 Å². The van der Waals surface area contributed by atoms with E-state index >= 15 is 0 Å². The number of hydrogen-bond donors (Lipinski definition) is 0. The van der Waals surface area contributed by atoms with Gasteiger partial charge < -0.3 is 0 Å². The summed E-state index contributed by atoms with van der Waals surface area (Å²) >= 11 is 1.83. The highest BCUT2D eigenvalue weighted by molar-refractivity contribution is 8.14. The largest absolute Gasteiger partial charge is 0.294 e. The fraction of sp³-hybridized carbons (Fsp3) is 0.273. The Balaban J connectivity index is 1.59. The van der Waals surface area contributed by atoms with Gasteiger partial charge in [-0.3, -0.25) is 9.79 Å². The highest BCUT2D eigenvalue weighted by atomic mass is 32.2. The van der Waals surface area contributed by atoms with Gasteiger partial charge in [0.25, 0.3) is 0 Å². The van der Waals surface area contributed by atoms with Gasteiger partial charge in [-0.25, -0.2) is 4.39 Å². The Morgan fingerprint density at radius 3 is 3.08 bits per heavy atom. The number of thioether (sulfide) groups is 1. The summed E-state index contributed by atoms with van der Waals surface area (Å²) in [6.45, 7) is 0. The van der Waals surface area contributed by atoms with Crippen LogP contribution in [0.25, 0.3) is 0 Å². The van der Waals surface area contributed by atoms with Gasteiger partial charge in [-0.15, -0.1) is 11.8 Å². The maximum Gasteiger partial charge on any atom is 0.167 e. The molecule has 1 aliphatic carbocycles. The number of ketones is 1. The van der Waals surface area contributed by atoms with E-state index in [0.717, 1.165) is 29.2 Å². The minimum atomic E-state index is -0.331. The SMILES string of the molecule is O=C(Cc1ccccc1F)C1=CC=CC2N=C3SCCCC3=CCC2=C1. The van der Waals surface area contributed by atoms with Gasteiger partial charge in [0, 0.05) is 12.0 Å². The molecule has 2 aliphatic heterocycles. The zero-order chi connectivity index (χ0) is 17.9. The molecule has 1 aromatic rings. The molecule has 132 valence electrons. The fourth-order valence-electron chi connectivity index (χ4n) is 3.43. The number of allylic oxidation sites excluding steroid dienone is 5. The molecular formula is C22H20FNOS. The van der Waals surface area contributed by atoms with E-state index in [1.165, 1.54) is 18.1 Å². The molecule has 26 heavy (non-hydrogen) atoms. The third-order valence-corrected chi connectivity index (χ3v) is 6.00. The summed E-state index contributed by atoms with van der Waals surface area (Å²) in [5.41, 5.74) is 3.53. The van der Waals surface area contributed by atoms with E-state index in [1.54, 1.807) is 18.2 Å². The molecule has 0 saturated carbocycles. The van der Waals surface area contributed by atoms with Gasteiger partial charge in [-0.2, -0.15) is 0 Å². The smallest absolute Gasteiger partial charge is 0.167 e. The topological polar surface area (TPSA) is 29.4 Å². The number of nitrogens with zero attached hydrogens (tertiary/aromatic N) is 1. The highest BCUT2D eigenvalue weighted by Gasteiger charge is 2.22. The van der Waals surface area contributed by atoms with Crippen molar-refractivity contribution in [2.75, 3.05) is 5.75 Å². The van der Waals surface area contributed by atoms with Crippen LogP contribution in [0.5, 0.6) is 0 Å². The third-order valence-electron chi connectivity index (χ3n) is 4.87. The van der Waals surface area contributed by atoms with Crippen LogP contribution in [0.1, 0.15) is 24.8 Å². The normalized spacial score (nSPS) is 22.0. The molecule has 1 fully saturated rings. The molecule has 1 saturated heterocycles. The molecule has 0 bridgehead atoms. The number of carbonyl (C=O) groups is 1. The lowest BCUT2D eigenvalue weighted by Crippen LogP contribution is -2.10. The Labute approximate surface area is 157 Å². The van der Waals surface area contributed by atoms with Gasteiger partial charge in [-0.05, 0) is 53.9 Å². The molecule has 0 radical (unpaired) electrons. The quantitative estimate of drug-likeness (QED) is 0.756. The first-order valence-corrected chi connectivity index (χ1v) is 9.95. The van der Waals surface area contributed by atoms with Crippen LogP contribution in [-0.2, 0) is 11.2 Å². The van der Waals surface area contributed by atoms with Crippen LogP contribution in [0.3, 0.4) is 0 Å². The number of halogens is 1. The lowest BCUT2D eigenvalue weighted by molar-refractivity contribution is -0.114. The lowest BCUT2D eigenvalue weighted by Gasteiger charge is -2.16. The standard InChI is InChI=1S/C22H20FNOS/c23-19-8-2-1-5-16(19)14-21(25)18-6-3-9-20-17(13-18)11-10-15-7-4-12-26-22(15)24-20/h1-3,5-6,8-10,13,20H,4,7,11-12,14H2. The van der Waals surface area contributed by atoms with Crippen molar-refractivity contribution in [3.8, 4) is 0 Å². The van der Waals surface area contributed by atoms with E-state index in [9.17, 15) is 9.18 Å². The first kappa shape index (κ1) is 17.2. The van der Waals surface area contributed by atoms with Crippen molar-refractivity contribution in [3.05, 3.63) is 82.7 Å². The fourth-order valence-corrected chi connectivity index (χ4v) is 4.47. The van der Waals surface area contributed by atoms with Crippen molar-refractivity contribution in [1.82, 2.24) is 0 Å². The molecule has 0 amide bonds. The van der Waals surface area contributed by atoms with Crippen molar-refractivity contribution in [3.63, 3.8) is 0 Å². The van der Waals surface area contributed by atoms with E-state index in [4.69, 9.17) is 4.99 Å². The average Bonchev–Trinajstić information content (AvgIpc) is 2.95. The van der Waals surface area contributed by atoms with Crippen molar-refractivity contribution < 1.29 is 9.18 Å². The number of hydrogen-bond acceptors (Lipinski definition) is 3. The highest BCUT2D eigenvalue weighted by Crippen LogP contribution is 2.32. The number of aliphatic imine (C=N–C) groups is 1. The van der Waals surface area contributed by atoms with E-state index in [0.29, 0.717) is 11.1 Å². The minimum absolute atomic E-state index is 0.0145. The molecular weight excluding hydrogens is 345 g/mol. The molecule has 2 nitrogen and oxygen atoms in total. The second kappa shape index (κ2) is 7.58. The summed E-state index contributed by atoms with van der Waals surface area (Å²) in [5, 5.41) is 1.15. The summed E-state index contributed by atoms with van der Waals surface area (Å²) in [7, 11) is 0. The summed E-state index contributed by atoms with van der Waals surface area (Å²) in [6.07, 6.45) is 13.2. The van der Waals surface area contributed by atoms with Crippen molar-refractivity contribution in [2.45, 2.75) is 31.7 Å². The predicted molar refractivity (Wildman–Crippen MR) is 106 cm³/mol. The Hall–Kier alpha value is -2.20. The number of fused-ring (bicyclic) bond motifs is 2. The monoisotopic (exact) mass is 365 g/mol. The first-order valence-electron chi connectivity index (χ1n) is 8.96. The van der Waals surface area contributed by atoms with Crippen molar-refractivity contribution in [2.24, 2.45) is 4.99 Å². The summed E-state index contributed by atoms with van der Waals surface area (Å²) in [5.74, 6) is 0.725. The number of carbonyl (C=O) groups excluding carboxylic acids is 1. The molecule has 0 N–H and O–H groups in total. The van der Waals surface area contributed by atoms with Gasteiger partial charge in [0.2, 0.25) is 0 Å². The van der Waals surface area contributed by atoms with Crippen LogP contribution >= 0.6 is 11.8 Å². The van der Waals surface area contributed by atoms with Gasteiger partial charge in [0.1, 0.15) is 5.82 Å².